The van der Waals surface area contributed by atoms with Crippen LogP contribution in [0.25, 0.3) is 5.57 Å². The van der Waals surface area contributed by atoms with E-state index >= 15 is 0 Å². The fraction of sp³-hybridized carbons (Fsp3) is 0.333. The van der Waals surface area contributed by atoms with E-state index in [0.717, 1.165) is 16.8 Å². The molecule has 0 spiro atoms. The quantitative estimate of drug-likeness (QED) is 0.671. The summed E-state index contributed by atoms with van der Waals surface area (Å²) in [6, 6.07) is 13.0. The lowest BCUT2D eigenvalue weighted by Crippen LogP contribution is -2.35. The van der Waals surface area contributed by atoms with Gasteiger partial charge >= 0.3 is 0 Å². The molecule has 2 aromatic rings. The molecule has 1 aliphatic heterocycles. The molecule has 0 atom stereocenters. The third-order valence-electron chi connectivity index (χ3n) is 5.17. The third-order valence-corrected chi connectivity index (χ3v) is 5.17. The van der Waals surface area contributed by atoms with Gasteiger partial charge in [-0.05, 0) is 51.0 Å². The normalized spacial score (nSPS) is 14.1. The van der Waals surface area contributed by atoms with Gasteiger partial charge in [0.25, 0.3) is 11.8 Å². The number of para-hydroxylation sites is 1. The molecule has 1 N–H and O–H groups in total. The predicted molar refractivity (Wildman–Crippen MR) is 117 cm³/mol. The van der Waals surface area contributed by atoms with Crippen LogP contribution in [0.4, 0.5) is 5.69 Å². The SMILES string of the molecule is COc1ccccc1C1=C(Nc2cccc(C)c2C)C(=O)N(CCOC(C)C)C1=O. The number of carbonyl (C=O) groups excluding carboxylic acids is 2. The number of hydrogen-bond donors (Lipinski definition) is 1. The first-order valence-corrected chi connectivity index (χ1v) is 10.0. The highest BCUT2D eigenvalue weighted by Crippen LogP contribution is 2.35. The van der Waals surface area contributed by atoms with Crippen molar-refractivity contribution in [2.24, 2.45) is 0 Å². The number of methoxy groups -OCH3 is 1. The number of nitrogens with zero attached hydrogens (tertiary/aromatic N) is 1. The molecule has 0 saturated heterocycles. The zero-order valence-electron chi connectivity index (χ0n) is 18.1. The van der Waals surface area contributed by atoms with Crippen molar-refractivity contribution in [2.75, 3.05) is 25.6 Å². The molecule has 0 aromatic heterocycles. The number of ether oxygens (including phenoxy) is 2. The molecule has 0 aliphatic carbocycles. The van der Waals surface area contributed by atoms with Gasteiger partial charge in [-0.15, -0.1) is 0 Å². The van der Waals surface area contributed by atoms with Gasteiger partial charge in [-0.25, -0.2) is 0 Å². The van der Waals surface area contributed by atoms with E-state index in [0.29, 0.717) is 16.9 Å². The Morgan fingerprint density at radius 2 is 1.73 bits per heavy atom. The Labute approximate surface area is 177 Å². The first kappa shape index (κ1) is 21.6. The zero-order valence-corrected chi connectivity index (χ0v) is 18.1. The second kappa shape index (κ2) is 9.13. The van der Waals surface area contributed by atoms with Gasteiger partial charge < -0.3 is 14.8 Å². The first-order chi connectivity index (χ1) is 14.3. The van der Waals surface area contributed by atoms with Crippen molar-refractivity contribution < 1.29 is 19.1 Å². The number of imide groups is 1. The number of hydrogen-bond acceptors (Lipinski definition) is 5. The van der Waals surface area contributed by atoms with Gasteiger partial charge in [0.1, 0.15) is 11.4 Å². The number of nitrogens with one attached hydrogen (secondary N) is 1. The molecular formula is C24H28N2O4. The Kier molecular flexibility index (Phi) is 6.57. The fourth-order valence-corrected chi connectivity index (χ4v) is 3.40. The maximum atomic E-state index is 13.3. The fourth-order valence-electron chi connectivity index (χ4n) is 3.40. The summed E-state index contributed by atoms with van der Waals surface area (Å²) in [6.07, 6.45) is 0.0204. The topological polar surface area (TPSA) is 67.9 Å². The highest BCUT2D eigenvalue weighted by Gasteiger charge is 2.40. The standard InChI is InChI=1S/C24H28N2O4/c1-15(2)30-14-13-26-23(27)21(18-10-6-7-12-20(18)29-5)22(24(26)28)25-19-11-8-9-16(3)17(19)4/h6-12,15,25H,13-14H2,1-5H3. The number of carbonyl (C=O) groups is 2. The van der Waals surface area contributed by atoms with Gasteiger partial charge in [-0.1, -0.05) is 30.3 Å². The Morgan fingerprint density at radius 3 is 2.43 bits per heavy atom. The van der Waals surface area contributed by atoms with Crippen molar-refractivity contribution in [3.63, 3.8) is 0 Å². The van der Waals surface area contributed by atoms with E-state index in [2.05, 4.69) is 5.32 Å². The molecule has 0 fully saturated rings. The van der Waals surface area contributed by atoms with Gasteiger partial charge in [-0.2, -0.15) is 0 Å². The summed E-state index contributed by atoms with van der Waals surface area (Å²) >= 11 is 0. The largest absolute Gasteiger partial charge is 0.496 e. The molecule has 1 aliphatic rings. The summed E-state index contributed by atoms with van der Waals surface area (Å²) < 4.78 is 11.0. The summed E-state index contributed by atoms with van der Waals surface area (Å²) in [7, 11) is 1.55. The van der Waals surface area contributed by atoms with Crippen molar-refractivity contribution in [3.8, 4) is 5.75 Å². The molecule has 1 heterocycles. The van der Waals surface area contributed by atoms with Crippen molar-refractivity contribution in [1.29, 1.82) is 0 Å². The third kappa shape index (κ3) is 4.24. The van der Waals surface area contributed by atoms with Crippen molar-refractivity contribution >= 4 is 23.1 Å². The molecule has 2 aromatic carbocycles. The molecule has 0 saturated carbocycles. The molecule has 158 valence electrons. The van der Waals surface area contributed by atoms with Gasteiger partial charge in [0.15, 0.2) is 0 Å². The lowest BCUT2D eigenvalue weighted by Gasteiger charge is -2.17. The average Bonchev–Trinajstić information content (AvgIpc) is 2.95. The Morgan fingerprint density at radius 1 is 1.00 bits per heavy atom. The maximum Gasteiger partial charge on any atom is 0.278 e. The molecule has 3 rings (SSSR count). The van der Waals surface area contributed by atoms with E-state index < -0.39 is 0 Å². The van der Waals surface area contributed by atoms with Crippen LogP contribution in [0, 0.1) is 13.8 Å². The van der Waals surface area contributed by atoms with Crippen LogP contribution in [0.3, 0.4) is 0 Å². The van der Waals surface area contributed by atoms with Crippen LogP contribution < -0.4 is 10.1 Å². The van der Waals surface area contributed by atoms with Crippen LogP contribution in [0.5, 0.6) is 5.75 Å². The molecule has 0 radical (unpaired) electrons. The van der Waals surface area contributed by atoms with Gasteiger partial charge in [0, 0.05) is 11.3 Å². The minimum atomic E-state index is -0.367. The van der Waals surface area contributed by atoms with Gasteiger partial charge in [0.05, 0.1) is 31.9 Å². The van der Waals surface area contributed by atoms with E-state index in [1.165, 1.54) is 4.90 Å². The number of amides is 2. The Bertz CT molecular complexity index is 994. The smallest absolute Gasteiger partial charge is 0.278 e. The average molecular weight is 408 g/mol. The number of benzene rings is 2. The first-order valence-electron chi connectivity index (χ1n) is 10.0. The minimum absolute atomic E-state index is 0.0204. The van der Waals surface area contributed by atoms with E-state index in [9.17, 15) is 9.59 Å². The molecular weight excluding hydrogens is 380 g/mol. The van der Waals surface area contributed by atoms with Crippen molar-refractivity contribution in [1.82, 2.24) is 4.90 Å². The molecule has 2 amide bonds. The number of anilines is 1. The Hall–Kier alpha value is -3.12. The molecule has 0 bridgehead atoms. The van der Waals surface area contributed by atoms with E-state index in [4.69, 9.17) is 9.47 Å². The lowest BCUT2D eigenvalue weighted by atomic mass is 10.0. The van der Waals surface area contributed by atoms with Crippen LogP contribution >= 0.6 is 0 Å². The molecule has 6 heteroatoms. The van der Waals surface area contributed by atoms with Crippen LogP contribution in [0.15, 0.2) is 48.2 Å². The number of aryl methyl sites for hydroxylation is 1. The monoisotopic (exact) mass is 408 g/mol. The van der Waals surface area contributed by atoms with E-state index in [1.807, 2.05) is 58.0 Å². The summed E-state index contributed by atoms with van der Waals surface area (Å²) in [5.74, 6) is -0.187. The van der Waals surface area contributed by atoms with Gasteiger partial charge in [0.2, 0.25) is 0 Å². The summed E-state index contributed by atoms with van der Waals surface area (Å²) in [5, 5.41) is 3.23. The summed E-state index contributed by atoms with van der Waals surface area (Å²) in [6.45, 7) is 8.29. The van der Waals surface area contributed by atoms with Crippen LogP contribution in [0.2, 0.25) is 0 Å². The zero-order chi connectivity index (χ0) is 21.8. The minimum Gasteiger partial charge on any atom is -0.496 e. The van der Waals surface area contributed by atoms with E-state index in [1.54, 1.807) is 19.2 Å². The molecule has 30 heavy (non-hydrogen) atoms. The van der Waals surface area contributed by atoms with Crippen molar-refractivity contribution in [3.05, 3.63) is 64.9 Å². The Balaban J connectivity index is 2.05. The second-order valence-corrected chi connectivity index (χ2v) is 7.50. The lowest BCUT2D eigenvalue weighted by molar-refractivity contribution is -0.137. The van der Waals surface area contributed by atoms with Gasteiger partial charge in [-0.3, -0.25) is 14.5 Å². The van der Waals surface area contributed by atoms with Crippen LogP contribution in [-0.4, -0.2) is 43.1 Å². The maximum absolute atomic E-state index is 13.3. The summed E-state index contributed by atoms with van der Waals surface area (Å²) in [4.78, 5) is 27.8. The second-order valence-electron chi connectivity index (χ2n) is 7.50. The van der Waals surface area contributed by atoms with Crippen LogP contribution in [-0.2, 0) is 14.3 Å². The predicted octanol–water partition coefficient (Wildman–Crippen LogP) is 3.93. The highest BCUT2D eigenvalue weighted by atomic mass is 16.5. The number of rotatable bonds is 8. The summed E-state index contributed by atoms with van der Waals surface area (Å²) in [5.41, 5.74) is 4.05. The highest BCUT2D eigenvalue weighted by molar-refractivity contribution is 6.37. The van der Waals surface area contributed by atoms with Crippen molar-refractivity contribution in [2.45, 2.75) is 33.8 Å². The molecule has 6 nitrogen and oxygen atoms in total. The van der Waals surface area contributed by atoms with E-state index in [-0.39, 0.29) is 36.8 Å². The van der Waals surface area contributed by atoms with Crippen LogP contribution in [0.1, 0.15) is 30.5 Å². The molecule has 0 unspecified atom stereocenters.